The number of aryl methyl sites for hydroxylation is 2. The van der Waals surface area contributed by atoms with E-state index in [1.807, 2.05) is 26.8 Å². The summed E-state index contributed by atoms with van der Waals surface area (Å²) in [5.74, 6) is -1.37. The Balaban J connectivity index is 2.05. The van der Waals surface area contributed by atoms with Gasteiger partial charge in [-0.2, -0.15) is 0 Å². The average molecular weight is 554 g/mol. The highest BCUT2D eigenvalue weighted by atomic mass is 32.2. The van der Waals surface area contributed by atoms with E-state index in [1.54, 1.807) is 56.3 Å². The first kappa shape index (κ1) is 29.8. The Hall–Kier alpha value is -3.72. The zero-order valence-electron chi connectivity index (χ0n) is 23.0. The minimum absolute atomic E-state index is 0.0297. The Morgan fingerprint density at radius 1 is 0.923 bits per heavy atom. The van der Waals surface area contributed by atoms with Crippen LogP contribution >= 0.6 is 0 Å². The third-order valence-corrected chi connectivity index (χ3v) is 8.17. The number of amides is 2. The molecule has 9 heteroatoms. The predicted octanol–water partition coefficient (Wildman–Crippen LogP) is 4.83. The van der Waals surface area contributed by atoms with Gasteiger partial charge in [-0.05, 0) is 62.1 Å². The van der Waals surface area contributed by atoms with Gasteiger partial charge in [-0.15, -0.1) is 0 Å². The Bertz CT molecular complexity index is 1410. The second-order valence-electron chi connectivity index (χ2n) is 10.0. The molecule has 208 valence electrons. The molecule has 0 aliphatic heterocycles. The molecule has 3 aromatic rings. The standard InChI is InChI=1S/C30H36FN3O4S/c1-21(2)18-32-30(36)24(5)33(19-25-11-9-10-14-27(25)31)29(35)20-34(28-17-22(3)15-16-23(28)4)39(37,38)26-12-7-6-8-13-26/h6-17,21,24H,18-20H2,1-5H3,(H,32,36)/t24-/m1/s1. The van der Waals surface area contributed by atoms with Crippen LogP contribution in [0.25, 0.3) is 0 Å². The van der Waals surface area contributed by atoms with Gasteiger partial charge in [-0.3, -0.25) is 13.9 Å². The molecule has 39 heavy (non-hydrogen) atoms. The van der Waals surface area contributed by atoms with Crippen molar-refractivity contribution in [2.75, 3.05) is 17.4 Å². The number of nitrogens with one attached hydrogen (secondary N) is 1. The third-order valence-electron chi connectivity index (χ3n) is 6.39. The molecule has 0 aromatic heterocycles. The number of carbonyl (C=O) groups excluding carboxylic acids is 2. The Morgan fingerprint density at radius 3 is 2.21 bits per heavy atom. The first-order valence-corrected chi connectivity index (χ1v) is 14.3. The van der Waals surface area contributed by atoms with Crippen molar-refractivity contribution in [3.8, 4) is 0 Å². The molecule has 0 aliphatic carbocycles. The third kappa shape index (κ3) is 7.44. The number of rotatable bonds is 11. The van der Waals surface area contributed by atoms with Crippen LogP contribution in [0.15, 0.2) is 77.7 Å². The minimum Gasteiger partial charge on any atom is -0.354 e. The maximum atomic E-state index is 14.6. The molecule has 3 rings (SSSR count). The van der Waals surface area contributed by atoms with Crippen molar-refractivity contribution in [1.82, 2.24) is 10.2 Å². The molecule has 0 heterocycles. The topological polar surface area (TPSA) is 86.8 Å². The van der Waals surface area contributed by atoms with Crippen LogP contribution in [-0.2, 0) is 26.2 Å². The molecular formula is C30H36FN3O4S. The number of halogens is 1. The number of sulfonamides is 1. The van der Waals surface area contributed by atoms with E-state index in [0.717, 1.165) is 9.87 Å². The monoisotopic (exact) mass is 553 g/mol. The van der Waals surface area contributed by atoms with Gasteiger partial charge >= 0.3 is 0 Å². The van der Waals surface area contributed by atoms with E-state index >= 15 is 0 Å². The molecule has 0 unspecified atom stereocenters. The van der Waals surface area contributed by atoms with E-state index < -0.39 is 40.2 Å². The van der Waals surface area contributed by atoms with Crippen LogP contribution in [0.3, 0.4) is 0 Å². The highest BCUT2D eigenvalue weighted by molar-refractivity contribution is 7.92. The van der Waals surface area contributed by atoms with Crippen LogP contribution in [-0.4, -0.2) is 44.3 Å². The van der Waals surface area contributed by atoms with Crippen LogP contribution in [0.5, 0.6) is 0 Å². The summed E-state index contributed by atoms with van der Waals surface area (Å²) < 4.78 is 43.4. The van der Waals surface area contributed by atoms with E-state index in [9.17, 15) is 22.4 Å². The van der Waals surface area contributed by atoms with Crippen molar-refractivity contribution >= 4 is 27.5 Å². The van der Waals surface area contributed by atoms with E-state index in [4.69, 9.17) is 0 Å². The molecule has 0 aliphatic rings. The maximum Gasteiger partial charge on any atom is 0.264 e. The van der Waals surface area contributed by atoms with Gasteiger partial charge in [-0.25, -0.2) is 12.8 Å². The highest BCUT2D eigenvalue weighted by Gasteiger charge is 2.33. The van der Waals surface area contributed by atoms with Crippen molar-refractivity contribution in [3.63, 3.8) is 0 Å². The summed E-state index contributed by atoms with van der Waals surface area (Å²) >= 11 is 0. The zero-order chi connectivity index (χ0) is 28.7. The Kier molecular flexibility index (Phi) is 9.86. The van der Waals surface area contributed by atoms with Crippen LogP contribution in [0.1, 0.15) is 37.5 Å². The SMILES string of the molecule is Cc1ccc(C)c(N(CC(=O)N(Cc2ccccc2F)[C@H](C)C(=O)NCC(C)C)S(=O)(=O)c2ccccc2)c1. The van der Waals surface area contributed by atoms with E-state index in [0.29, 0.717) is 17.8 Å². The van der Waals surface area contributed by atoms with E-state index in [1.165, 1.54) is 29.2 Å². The quantitative estimate of drug-likeness (QED) is 0.369. The molecule has 0 fully saturated rings. The number of anilines is 1. The number of hydrogen-bond acceptors (Lipinski definition) is 4. The molecule has 3 aromatic carbocycles. The van der Waals surface area contributed by atoms with Crippen molar-refractivity contribution in [2.45, 2.75) is 52.1 Å². The molecule has 0 bridgehead atoms. The molecule has 0 saturated heterocycles. The lowest BCUT2D eigenvalue weighted by molar-refractivity contribution is -0.139. The second kappa shape index (κ2) is 12.9. The number of benzene rings is 3. The molecule has 0 radical (unpaired) electrons. The first-order chi connectivity index (χ1) is 18.4. The van der Waals surface area contributed by atoms with Gasteiger partial charge in [0.15, 0.2) is 0 Å². The van der Waals surface area contributed by atoms with Gasteiger partial charge in [0, 0.05) is 18.7 Å². The fraction of sp³-hybridized carbons (Fsp3) is 0.333. The molecule has 0 saturated carbocycles. The van der Waals surface area contributed by atoms with Crippen LogP contribution < -0.4 is 9.62 Å². The fourth-order valence-electron chi connectivity index (χ4n) is 4.07. The van der Waals surface area contributed by atoms with Gasteiger partial charge in [0.05, 0.1) is 10.6 Å². The fourth-order valence-corrected chi connectivity index (χ4v) is 5.56. The predicted molar refractivity (Wildman–Crippen MR) is 151 cm³/mol. The summed E-state index contributed by atoms with van der Waals surface area (Å²) in [4.78, 5) is 28.2. The summed E-state index contributed by atoms with van der Waals surface area (Å²) in [7, 11) is -4.16. The summed E-state index contributed by atoms with van der Waals surface area (Å²) in [6, 6.07) is 18.3. The van der Waals surface area contributed by atoms with Crippen molar-refractivity contribution in [3.05, 3.63) is 95.3 Å². The van der Waals surface area contributed by atoms with Crippen LogP contribution in [0.4, 0.5) is 10.1 Å². The van der Waals surface area contributed by atoms with Crippen molar-refractivity contribution in [1.29, 1.82) is 0 Å². The summed E-state index contributed by atoms with van der Waals surface area (Å²) in [6.07, 6.45) is 0. The largest absolute Gasteiger partial charge is 0.354 e. The van der Waals surface area contributed by atoms with Gasteiger partial charge in [0.1, 0.15) is 18.4 Å². The van der Waals surface area contributed by atoms with E-state index in [2.05, 4.69) is 5.32 Å². The van der Waals surface area contributed by atoms with Crippen molar-refractivity contribution in [2.24, 2.45) is 5.92 Å². The highest BCUT2D eigenvalue weighted by Crippen LogP contribution is 2.28. The number of nitrogens with zero attached hydrogens (tertiary/aromatic N) is 2. The summed E-state index contributed by atoms with van der Waals surface area (Å²) in [6.45, 7) is 8.69. The first-order valence-electron chi connectivity index (χ1n) is 12.9. The molecule has 0 spiro atoms. The molecule has 7 nitrogen and oxygen atoms in total. The summed E-state index contributed by atoms with van der Waals surface area (Å²) in [5, 5.41) is 2.82. The normalized spacial score (nSPS) is 12.2. The lowest BCUT2D eigenvalue weighted by atomic mass is 10.1. The van der Waals surface area contributed by atoms with Crippen LogP contribution in [0.2, 0.25) is 0 Å². The Morgan fingerprint density at radius 2 is 1.56 bits per heavy atom. The molecule has 1 atom stereocenters. The second-order valence-corrected chi connectivity index (χ2v) is 11.9. The molecule has 2 amide bonds. The molecular weight excluding hydrogens is 517 g/mol. The van der Waals surface area contributed by atoms with Gasteiger partial charge < -0.3 is 10.2 Å². The average Bonchev–Trinajstić information content (AvgIpc) is 2.91. The van der Waals surface area contributed by atoms with E-state index in [-0.39, 0.29) is 22.9 Å². The lowest BCUT2D eigenvalue weighted by Crippen LogP contribution is -2.51. The minimum atomic E-state index is -4.16. The molecule has 1 N–H and O–H groups in total. The maximum absolute atomic E-state index is 14.6. The van der Waals surface area contributed by atoms with Crippen molar-refractivity contribution < 1.29 is 22.4 Å². The lowest BCUT2D eigenvalue weighted by Gasteiger charge is -2.32. The zero-order valence-corrected chi connectivity index (χ0v) is 23.8. The van der Waals surface area contributed by atoms with Gasteiger partial charge in [0.2, 0.25) is 11.8 Å². The Labute approximate surface area is 230 Å². The summed E-state index contributed by atoms with van der Waals surface area (Å²) in [5.41, 5.74) is 2.06. The number of hydrogen-bond donors (Lipinski definition) is 1. The smallest absolute Gasteiger partial charge is 0.264 e. The number of carbonyl (C=O) groups is 2. The van der Waals surface area contributed by atoms with Gasteiger partial charge in [-0.1, -0.05) is 62.4 Å². The van der Waals surface area contributed by atoms with Crippen LogP contribution in [0, 0.1) is 25.6 Å². The van der Waals surface area contributed by atoms with Gasteiger partial charge in [0.25, 0.3) is 10.0 Å².